The molecule has 1 aromatic rings. The number of amides is 1. The van der Waals surface area contributed by atoms with E-state index >= 15 is 0 Å². The molecular formula is C18H29N3O5S. The molecule has 0 unspecified atom stereocenters. The number of para-hydroxylation sites is 1. The highest BCUT2D eigenvalue weighted by atomic mass is 32.2. The topological polar surface area (TPSA) is 88.2 Å². The number of morpholine rings is 1. The van der Waals surface area contributed by atoms with Crippen LogP contribution in [0, 0.1) is 0 Å². The van der Waals surface area contributed by atoms with Gasteiger partial charge in [0.05, 0.1) is 33.1 Å². The highest BCUT2D eigenvalue weighted by Gasteiger charge is 2.20. The van der Waals surface area contributed by atoms with Crippen LogP contribution in [0.1, 0.15) is 5.56 Å². The van der Waals surface area contributed by atoms with Crippen LogP contribution in [0.15, 0.2) is 24.3 Å². The molecule has 0 saturated carbocycles. The van der Waals surface area contributed by atoms with Crippen LogP contribution >= 0.6 is 0 Å². The minimum atomic E-state index is -3.49. The molecule has 0 spiro atoms. The molecular weight excluding hydrogens is 370 g/mol. The van der Waals surface area contributed by atoms with E-state index in [1.165, 1.54) is 4.31 Å². The first kappa shape index (κ1) is 21.6. The van der Waals surface area contributed by atoms with Crippen LogP contribution in [-0.4, -0.2) is 89.4 Å². The molecule has 1 N–H and O–H groups in total. The molecule has 0 aromatic heterocycles. The second kappa shape index (κ2) is 10.6. The number of nitrogens with one attached hydrogen (secondary N) is 1. The van der Waals surface area contributed by atoms with Crippen molar-refractivity contribution in [2.75, 3.05) is 65.8 Å². The van der Waals surface area contributed by atoms with Gasteiger partial charge in [-0.25, -0.2) is 8.42 Å². The number of methoxy groups -OCH3 is 1. The third-order valence-electron chi connectivity index (χ3n) is 4.47. The van der Waals surface area contributed by atoms with Crippen LogP contribution in [0.3, 0.4) is 0 Å². The Morgan fingerprint density at radius 1 is 1.30 bits per heavy atom. The molecule has 8 nitrogen and oxygen atoms in total. The minimum absolute atomic E-state index is 0.183. The van der Waals surface area contributed by atoms with E-state index in [0.29, 0.717) is 31.9 Å². The first-order valence-corrected chi connectivity index (χ1v) is 10.9. The molecule has 1 aliphatic rings. The van der Waals surface area contributed by atoms with Crippen molar-refractivity contribution in [3.63, 3.8) is 0 Å². The van der Waals surface area contributed by atoms with Gasteiger partial charge in [0.15, 0.2) is 0 Å². The van der Waals surface area contributed by atoms with Crippen LogP contribution in [0.25, 0.3) is 0 Å². The number of nitrogens with zero attached hydrogens (tertiary/aromatic N) is 2. The predicted molar refractivity (Wildman–Crippen MR) is 103 cm³/mol. The average Bonchev–Trinajstić information content (AvgIpc) is 2.65. The summed E-state index contributed by atoms with van der Waals surface area (Å²) in [6, 6.07) is 7.46. The zero-order valence-corrected chi connectivity index (χ0v) is 16.8. The molecule has 0 bridgehead atoms. The number of benzene rings is 1. The predicted octanol–water partition coefficient (Wildman–Crippen LogP) is -0.0523. The number of carbonyl (C=O) groups excluding carboxylic acids is 1. The smallest absolute Gasteiger partial charge is 0.235 e. The lowest BCUT2D eigenvalue weighted by Gasteiger charge is -2.26. The zero-order chi connectivity index (χ0) is 19.7. The first-order valence-electron chi connectivity index (χ1n) is 9.04. The van der Waals surface area contributed by atoms with Gasteiger partial charge in [0.2, 0.25) is 15.9 Å². The summed E-state index contributed by atoms with van der Waals surface area (Å²) < 4.78 is 35.9. The summed E-state index contributed by atoms with van der Waals surface area (Å²) in [4.78, 5) is 14.4. The monoisotopic (exact) mass is 399 g/mol. The van der Waals surface area contributed by atoms with E-state index in [1.54, 1.807) is 7.11 Å². The van der Waals surface area contributed by atoms with Crippen LogP contribution in [0.5, 0.6) is 5.75 Å². The highest BCUT2D eigenvalue weighted by Crippen LogP contribution is 2.18. The molecule has 1 fully saturated rings. The molecule has 1 aliphatic heterocycles. The summed E-state index contributed by atoms with van der Waals surface area (Å²) in [5, 5.41) is 2.80. The Balaban J connectivity index is 1.83. The molecule has 1 saturated heterocycles. The van der Waals surface area contributed by atoms with Gasteiger partial charge in [-0.05, 0) is 18.1 Å². The Morgan fingerprint density at radius 3 is 2.67 bits per heavy atom. The lowest BCUT2D eigenvalue weighted by Crippen LogP contribution is -2.45. The largest absolute Gasteiger partial charge is 0.496 e. The van der Waals surface area contributed by atoms with Crippen molar-refractivity contribution in [2.24, 2.45) is 0 Å². The van der Waals surface area contributed by atoms with E-state index in [-0.39, 0.29) is 19.0 Å². The van der Waals surface area contributed by atoms with Gasteiger partial charge in [0.25, 0.3) is 0 Å². The van der Waals surface area contributed by atoms with E-state index in [1.807, 2.05) is 24.3 Å². The fraction of sp³-hybridized carbons (Fsp3) is 0.611. The van der Waals surface area contributed by atoms with Crippen molar-refractivity contribution in [1.82, 2.24) is 14.5 Å². The lowest BCUT2D eigenvalue weighted by molar-refractivity contribution is -0.121. The summed E-state index contributed by atoms with van der Waals surface area (Å²) in [5.41, 5.74) is 0.904. The maximum absolute atomic E-state index is 12.2. The molecule has 0 radical (unpaired) electrons. The number of hydrogen-bond donors (Lipinski definition) is 1. The SMILES string of the molecule is COc1ccccc1CCN(CC(=O)NCCN1CCOCC1)S(C)(=O)=O. The number of sulfonamides is 1. The van der Waals surface area contributed by atoms with Gasteiger partial charge in [0.1, 0.15) is 5.75 Å². The Labute approximate surface area is 161 Å². The minimum Gasteiger partial charge on any atom is -0.496 e. The summed E-state index contributed by atoms with van der Waals surface area (Å²) >= 11 is 0. The highest BCUT2D eigenvalue weighted by molar-refractivity contribution is 7.88. The van der Waals surface area contributed by atoms with E-state index in [2.05, 4.69) is 10.2 Å². The normalized spacial score (nSPS) is 15.7. The van der Waals surface area contributed by atoms with Gasteiger partial charge in [-0.2, -0.15) is 4.31 Å². The van der Waals surface area contributed by atoms with Crippen molar-refractivity contribution in [3.05, 3.63) is 29.8 Å². The van der Waals surface area contributed by atoms with Crippen molar-refractivity contribution >= 4 is 15.9 Å². The quantitative estimate of drug-likeness (QED) is 0.593. The molecule has 0 atom stereocenters. The van der Waals surface area contributed by atoms with Crippen molar-refractivity contribution in [3.8, 4) is 5.75 Å². The van der Waals surface area contributed by atoms with Gasteiger partial charge in [-0.1, -0.05) is 18.2 Å². The molecule has 152 valence electrons. The van der Waals surface area contributed by atoms with Gasteiger partial charge in [0, 0.05) is 32.7 Å². The third-order valence-corrected chi connectivity index (χ3v) is 5.72. The van der Waals surface area contributed by atoms with Crippen LogP contribution in [-0.2, 0) is 26.0 Å². The molecule has 0 aliphatic carbocycles. The van der Waals surface area contributed by atoms with E-state index in [0.717, 1.165) is 31.5 Å². The first-order chi connectivity index (χ1) is 12.9. The molecule has 1 aromatic carbocycles. The Kier molecular flexibility index (Phi) is 8.49. The number of rotatable bonds is 10. The number of carbonyl (C=O) groups is 1. The zero-order valence-electron chi connectivity index (χ0n) is 16.0. The maximum atomic E-state index is 12.2. The molecule has 2 rings (SSSR count). The van der Waals surface area contributed by atoms with Crippen LogP contribution in [0.4, 0.5) is 0 Å². The number of hydrogen-bond acceptors (Lipinski definition) is 6. The van der Waals surface area contributed by atoms with Crippen molar-refractivity contribution < 1.29 is 22.7 Å². The van der Waals surface area contributed by atoms with E-state index < -0.39 is 10.0 Å². The fourth-order valence-corrected chi connectivity index (χ4v) is 3.69. The summed E-state index contributed by atoms with van der Waals surface area (Å²) in [6.45, 7) is 4.37. The average molecular weight is 400 g/mol. The van der Waals surface area contributed by atoms with Crippen molar-refractivity contribution in [1.29, 1.82) is 0 Å². The molecule has 1 heterocycles. The van der Waals surface area contributed by atoms with Gasteiger partial charge in [-0.15, -0.1) is 0 Å². The fourth-order valence-electron chi connectivity index (χ4n) is 2.91. The number of ether oxygens (including phenoxy) is 2. The van der Waals surface area contributed by atoms with E-state index in [4.69, 9.17) is 9.47 Å². The summed E-state index contributed by atoms with van der Waals surface area (Å²) in [7, 11) is -1.91. The second-order valence-corrected chi connectivity index (χ2v) is 8.44. The summed E-state index contributed by atoms with van der Waals surface area (Å²) in [6.07, 6.45) is 1.59. The van der Waals surface area contributed by atoms with Gasteiger partial charge >= 0.3 is 0 Å². The van der Waals surface area contributed by atoms with Crippen LogP contribution < -0.4 is 10.1 Å². The molecule has 27 heavy (non-hydrogen) atoms. The Hall–Kier alpha value is -1.68. The van der Waals surface area contributed by atoms with E-state index in [9.17, 15) is 13.2 Å². The van der Waals surface area contributed by atoms with Crippen LogP contribution in [0.2, 0.25) is 0 Å². The Bertz CT molecular complexity index is 705. The van der Waals surface area contributed by atoms with Gasteiger partial charge < -0.3 is 14.8 Å². The lowest BCUT2D eigenvalue weighted by atomic mass is 10.1. The van der Waals surface area contributed by atoms with Crippen molar-refractivity contribution in [2.45, 2.75) is 6.42 Å². The summed E-state index contributed by atoms with van der Waals surface area (Å²) in [5.74, 6) is 0.412. The third kappa shape index (κ3) is 7.45. The molecule has 1 amide bonds. The second-order valence-electron chi connectivity index (χ2n) is 6.46. The standard InChI is InChI=1S/C18H29N3O5S/c1-25-17-6-4-3-5-16(17)7-9-21(27(2,23)24)15-18(22)19-8-10-20-11-13-26-14-12-20/h3-6H,7-15H2,1-2H3,(H,19,22). The Morgan fingerprint density at radius 2 is 2.00 bits per heavy atom. The molecule has 9 heteroatoms. The maximum Gasteiger partial charge on any atom is 0.235 e. The van der Waals surface area contributed by atoms with Gasteiger partial charge in [-0.3, -0.25) is 9.69 Å².